The Bertz CT molecular complexity index is 1290. The van der Waals surface area contributed by atoms with Crippen molar-refractivity contribution in [2.75, 3.05) is 40.0 Å². The highest BCUT2D eigenvalue weighted by Crippen LogP contribution is 2.39. The maximum absolute atomic E-state index is 13.2. The molecule has 8 nitrogen and oxygen atoms in total. The average molecular weight is 609 g/mol. The predicted octanol–water partition coefficient (Wildman–Crippen LogP) is 5.61. The molecule has 0 spiro atoms. The van der Waals surface area contributed by atoms with Gasteiger partial charge < -0.3 is 30.0 Å². The normalized spacial score (nSPS) is 18.0. The number of ether oxygens (including phenoxy) is 3. The molecule has 1 aliphatic rings. The number of carbonyl (C=O) groups is 2. The zero-order valence-electron chi connectivity index (χ0n) is 27.6. The van der Waals surface area contributed by atoms with E-state index in [0.717, 1.165) is 25.0 Å². The molecule has 2 amide bonds. The van der Waals surface area contributed by atoms with Gasteiger partial charge in [0.1, 0.15) is 18.5 Å². The molecule has 0 aromatic heterocycles. The number of aliphatic hydroxyl groups is 1. The van der Waals surface area contributed by atoms with Crippen LogP contribution in [-0.2, 0) is 35.5 Å². The topological polar surface area (TPSA) is 106 Å². The highest BCUT2D eigenvalue weighted by Gasteiger charge is 2.41. The number of unbranched alkanes of at least 4 members (excludes halogenated alkanes) is 1. The lowest BCUT2D eigenvalue weighted by atomic mass is 9.76. The highest BCUT2D eigenvalue weighted by molar-refractivity contribution is 5.89. The Hall–Kier alpha value is -3.20. The summed E-state index contributed by atoms with van der Waals surface area (Å²) in [5, 5.41) is 17.0. The minimum absolute atomic E-state index is 0.0110. The molecule has 2 aromatic rings. The second-order valence-corrected chi connectivity index (χ2v) is 12.8. The molecule has 0 radical (unpaired) electrons. The van der Waals surface area contributed by atoms with Gasteiger partial charge in [0, 0.05) is 31.3 Å². The van der Waals surface area contributed by atoms with E-state index in [-0.39, 0.29) is 23.3 Å². The molecular formula is C36H52N2O6. The van der Waals surface area contributed by atoms with Crippen molar-refractivity contribution in [2.45, 2.75) is 89.8 Å². The number of nitrogens with one attached hydrogen (secondary N) is 2. The van der Waals surface area contributed by atoms with Crippen LogP contribution >= 0.6 is 0 Å². The number of rotatable bonds is 17. The van der Waals surface area contributed by atoms with Crippen molar-refractivity contribution in [1.29, 1.82) is 0 Å². The lowest BCUT2D eigenvalue weighted by Crippen LogP contribution is -2.45. The first-order valence-electron chi connectivity index (χ1n) is 15.8. The van der Waals surface area contributed by atoms with E-state index in [1.165, 1.54) is 17.2 Å². The molecule has 2 atom stereocenters. The predicted molar refractivity (Wildman–Crippen MR) is 174 cm³/mol. The number of hydrogen-bond acceptors (Lipinski definition) is 6. The smallest absolute Gasteiger partial charge is 0.260 e. The Morgan fingerprint density at radius 2 is 1.66 bits per heavy atom. The summed E-state index contributed by atoms with van der Waals surface area (Å²) in [6.07, 6.45) is 6.02. The van der Waals surface area contributed by atoms with E-state index in [1.54, 1.807) is 31.4 Å². The van der Waals surface area contributed by atoms with E-state index in [9.17, 15) is 14.7 Å². The van der Waals surface area contributed by atoms with Crippen LogP contribution < -0.4 is 15.4 Å². The first-order chi connectivity index (χ1) is 20.9. The van der Waals surface area contributed by atoms with Gasteiger partial charge in [0.05, 0.1) is 13.2 Å². The van der Waals surface area contributed by atoms with Crippen LogP contribution in [0.5, 0.6) is 5.75 Å². The Kier molecular flexibility index (Phi) is 12.6. The molecule has 0 saturated heterocycles. The molecule has 8 heteroatoms. The van der Waals surface area contributed by atoms with Crippen LogP contribution in [0.3, 0.4) is 0 Å². The molecule has 3 N–H and O–H groups in total. The summed E-state index contributed by atoms with van der Waals surface area (Å²) in [6, 6.07) is 13.7. The van der Waals surface area contributed by atoms with Gasteiger partial charge in [-0.15, -0.1) is 0 Å². The minimum Gasteiger partial charge on any atom is -0.493 e. The molecule has 0 aliphatic heterocycles. The third-order valence-electron chi connectivity index (χ3n) is 8.93. The fourth-order valence-corrected chi connectivity index (χ4v) is 5.11. The van der Waals surface area contributed by atoms with Crippen molar-refractivity contribution in [2.24, 2.45) is 0 Å². The summed E-state index contributed by atoms with van der Waals surface area (Å²) >= 11 is 0. The monoisotopic (exact) mass is 608 g/mol. The maximum Gasteiger partial charge on any atom is 0.260 e. The third-order valence-corrected chi connectivity index (χ3v) is 8.93. The first kappa shape index (κ1) is 35.3. The number of benzene rings is 2. The molecule has 2 aromatic carbocycles. The fraction of sp³-hybridized carbons (Fsp3) is 0.556. The lowest BCUT2D eigenvalue weighted by Gasteiger charge is -2.32. The van der Waals surface area contributed by atoms with Crippen LogP contribution in [0, 0.1) is 0 Å². The molecule has 3 rings (SSSR count). The number of amides is 2. The molecular weight excluding hydrogens is 556 g/mol. The number of hydrogen-bond donors (Lipinski definition) is 3. The second kappa shape index (κ2) is 15.7. The van der Waals surface area contributed by atoms with Crippen molar-refractivity contribution in [1.82, 2.24) is 10.6 Å². The van der Waals surface area contributed by atoms with Gasteiger partial charge in [0.15, 0.2) is 5.60 Å². The molecule has 242 valence electrons. The zero-order chi connectivity index (χ0) is 32.4. The van der Waals surface area contributed by atoms with Crippen molar-refractivity contribution in [3.8, 4) is 5.75 Å². The third kappa shape index (κ3) is 8.71. The molecule has 0 heterocycles. The molecule has 1 aliphatic carbocycles. The van der Waals surface area contributed by atoms with E-state index in [1.807, 2.05) is 6.07 Å². The lowest BCUT2D eigenvalue weighted by molar-refractivity contribution is -0.136. The zero-order valence-corrected chi connectivity index (χ0v) is 27.6. The summed E-state index contributed by atoms with van der Waals surface area (Å²) in [5.74, 6) is 0.149. The second-order valence-electron chi connectivity index (χ2n) is 12.8. The average Bonchev–Trinajstić information content (AvgIpc) is 3.02. The van der Waals surface area contributed by atoms with Gasteiger partial charge in [-0.1, -0.05) is 84.0 Å². The number of carbonyl (C=O) groups excluding carboxylic acids is 2. The van der Waals surface area contributed by atoms with Crippen LogP contribution in [0.4, 0.5) is 0 Å². The van der Waals surface area contributed by atoms with Gasteiger partial charge in [0.2, 0.25) is 5.91 Å². The standard InChI is InChI=1S/C36H52N2O6/c1-8-34(3,4)26-16-17-31(29(24-26)35(5,6)9-2)43-22-13-12-20-38-33(40)36(41)19-18-30(27-14-10-11-15-28(27)36)44-25-32(39)37-21-23-42-7/h10-11,14-19,24,30,41H,8-9,12-13,20-23,25H2,1-7H3,(H,37,39)(H,38,40). The van der Waals surface area contributed by atoms with Crippen LogP contribution in [0.15, 0.2) is 54.6 Å². The van der Waals surface area contributed by atoms with Gasteiger partial charge in [-0.3, -0.25) is 9.59 Å². The first-order valence-corrected chi connectivity index (χ1v) is 15.8. The summed E-state index contributed by atoms with van der Waals surface area (Å²) < 4.78 is 17.0. The molecule has 0 fully saturated rings. The van der Waals surface area contributed by atoms with Crippen molar-refractivity contribution in [3.05, 3.63) is 76.9 Å². The largest absolute Gasteiger partial charge is 0.493 e. The van der Waals surface area contributed by atoms with Crippen LogP contribution in [0.1, 0.15) is 95.6 Å². The Balaban J connectivity index is 1.55. The van der Waals surface area contributed by atoms with Crippen LogP contribution in [0.2, 0.25) is 0 Å². The quantitative estimate of drug-likeness (QED) is 0.159. The summed E-state index contributed by atoms with van der Waals surface area (Å²) in [7, 11) is 1.57. The summed E-state index contributed by atoms with van der Waals surface area (Å²) in [6.45, 7) is 15.1. The van der Waals surface area contributed by atoms with E-state index < -0.39 is 17.6 Å². The summed E-state index contributed by atoms with van der Waals surface area (Å²) in [4.78, 5) is 25.3. The number of methoxy groups -OCH3 is 1. The van der Waals surface area contributed by atoms with Gasteiger partial charge in [-0.2, -0.15) is 0 Å². The van der Waals surface area contributed by atoms with E-state index >= 15 is 0 Å². The maximum atomic E-state index is 13.2. The molecule has 44 heavy (non-hydrogen) atoms. The molecule has 0 saturated carbocycles. The van der Waals surface area contributed by atoms with Crippen molar-refractivity contribution in [3.63, 3.8) is 0 Å². The van der Waals surface area contributed by atoms with Crippen LogP contribution in [-0.4, -0.2) is 56.9 Å². The van der Waals surface area contributed by atoms with Gasteiger partial charge in [0.25, 0.3) is 5.91 Å². The van der Waals surface area contributed by atoms with Crippen LogP contribution in [0.25, 0.3) is 0 Å². The Morgan fingerprint density at radius 1 is 0.932 bits per heavy atom. The Morgan fingerprint density at radius 3 is 2.36 bits per heavy atom. The highest BCUT2D eigenvalue weighted by atomic mass is 16.5. The van der Waals surface area contributed by atoms with E-state index in [4.69, 9.17) is 14.2 Å². The van der Waals surface area contributed by atoms with Gasteiger partial charge in [-0.25, -0.2) is 0 Å². The van der Waals surface area contributed by atoms with Gasteiger partial charge >= 0.3 is 0 Å². The Labute approximate surface area is 263 Å². The number of fused-ring (bicyclic) bond motifs is 1. The van der Waals surface area contributed by atoms with E-state index in [0.29, 0.717) is 43.9 Å². The van der Waals surface area contributed by atoms with Crippen molar-refractivity contribution >= 4 is 11.8 Å². The van der Waals surface area contributed by atoms with Crippen molar-refractivity contribution < 1.29 is 28.9 Å². The fourth-order valence-electron chi connectivity index (χ4n) is 5.11. The molecule has 2 unspecified atom stereocenters. The molecule has 0 bridgehead atoms. The van der Waals surface area contributed by atoms with E-state index in [2.05, 4.69) is 70.4 Å². The summed E-state index contributed by atoms with van der Waals surface area (Å²) in [5.41, 5.74) is 1.89. The minimum atomic E-state index is -1.83. The van der Waals surface area contributed by atoms with Gasteiger partial charge in [-0.05, 0) is 59.8 Å². The SMILES string of the molecule is CCC(C)(C)c1ccc(OCCCCNC(=O)C2(O)C=CC(OCC(=O)NCCOC)c3ccccc32)c(C(C)(C)CC)c1.